The average molecular weight is 1030 g/mol. The molecule has 0 saturated heterocycles. The van der Waals surface area contributed by atoms with Gasteiger partial charge in [-0.25, -0.2) is 0 Å². The van der Waals surface area contributed by atoms with Crippen LogP contribution in [0.4, 0.5) is 0 Å². The molecule has 1 unspecified atom stereocenters. The van der Waals surface area contributed by atoms with E-state index in [1.165, 1.54) is 295 Å². The number of ether oxygens (including phenoxy) is 3. The van der Waals surface area contributed by atoms with Gasteiger partial charge in [0.05, 0.1) is 0 Å². The van der Waals surface area contributed by atoms with Gasteiger partial charge < -0.3 is 14.2 Å². The second kappa shape index (κ2) is 62.9. The summed E-state index contributed by atoms with van der Waals surface area (Å²) in [6.07, 6.45) is 73.1. The molecule has 0 aliphatic carbocycles. The lowest BCUT2D eigenvalue weighted by Gasteiger charge is -2.18. The smallest absolute Gasteiger partial charge is 0.306 e. The summed E-state index contributed by atoms with van der Waals surface area (Å²) >= 11 is 0. The van der Waals surface area contributed by atoms with Gasteiger partial charge in [-0.1, -0.05) is 355 Å². The molecule has 434 valence electrons. The number of esters is 3. The van der Waals surface area contributed by atoms with Gasteiger partial charge in [-0.15, -0.1) is 0 Å². The van der Waals surface area contributed by atoms with E-state index in [0.717, 1.165) is 57.8 Å². The molecule has 0 radical (unpaired) electrons. The highest BCUT2D eigenvalue weighted by molar-refractivity contribution is 5.71. The zero-order chi connectivity index (χ0) is 52.9. The third kappa shape index (κ3) is 61.1. The molecule has 0 aromatic rings. The second-order valence-corrected chi connectivity index (χ2v) is 23.1. The normalized spacial score (nSPS) is 11.9. The highest BCUT2D eigenvalue weighted by Gasteiger charge is 2.19. The van der Waals surface area contributed by atoms with Crippen LogP contribution < -0.4 is 0 Å². The number of carbonyl (C=O) groups excluding carboxylic acids is 3. The Bertz CT molecular complexity index is 1090. The SMILES string of the molecule is CCCCCCCCCCCCCCCCCCCCCCCCCCCCCCCCCCCCC(=O)OCC(COC(=O)CCCCCCCCCCC)OC(=O)CCCCCCCCCCCCCC. The van der Waals surface area contributed by atoms with Crippen molar-refractivity contribution in [3.05, 3.63) is 0 Å². The van der Waals surface area contributed by atoms with Crippen molar-refractivity contribution in [2.24, 2.45) is 0 Å². The van der Waals surface area contributed by atoms with Gasteiger partial charge in [0.15, 0.2) is 6.10 Å². The first-order valence-corrected chi connectivity index (χ1v) is 33.5. The monoisotopic (exact) mass is 1030 g/mol. The third-order valence-corrected chi connectivity index (χ3v) is 15.6. The van der Waals surface area contributed by atoms with Crippen molar-refractivity contribution in [2.45, 2.75) is 399 Å². The maximum absolute atomic E-state index is 12.8. The summed E-state index contributed by atoms with van der Waals surface area (Å²) in [5, 5.41) is 0. The van der Waals surface area contributed by atoms with Gasteiger partial charge in [0, 0.05) is 19.3 Å². The first kappa shape index (κ1) is 71.4. The summed E-state index contributed by atoms with van der Waals surface area (Å²) in [6, 6.07) is 0. The van der Waals surface area contributed by atoms with Gasteiger partial charge in [-0.2, -0.15) is 0 Å². The van der Waals surface area contributed by atoms with E-state index in [9.17, 15) is 14.4 Å². The van der Waals surface area contributed by atoms with E-state index in [2.05, 4.69) is 20.8 Å². The Morgan fingerprint density at radius 2 is 0.370 bits per heavy atom. The Labute approximate surface area is 457 Å². The van der Waals surface area contributed by atoms with E-state index >= 15 is 0 Å². The molecule has 0 aromatic heterocycles. The van der Waals surface area contributed by atoms with Crippen molar-refractivity contribution >= 4 is 17.9 Å². The lowest BCUT2D eigenvalue weighted by atomic mass is 10.0. The van der Waals surface area contributed by atoms with Crippen LogP contribution in [0.2, 0.25) is 0 Å². The van der Waals surface area contributed by atoms with Crippen LogP contribution >= 0.6 is 0 Å². The summed E-state index contributed by atoms with van der Waals surface area (Å²) in [5.74, 6) is -0.837. The van der Waals surface area contributed by atoms with Crippen molar-refractivity contribution in [1.29, 1.82) is 0 Å². The van der Waals surface area contributed by atoms with Crippen molar-refractivity contribution < 1.29 is 28.6 Å². The number of carbonyl (C=O) groups is 3. The van der Waals surface area contributed by atoms with Crippen LogP contribution in [0.5, 0.6) is 0 Å². The minimum Gasteiger partial charge on any atom is -0.462 e. The zero-order valence-corrected chi connectivity index (χ0v) is 50.0. The molecule has 0 heterocycles. The van der Waals surface area contributed by atoms with Crippen LogP contribution in [-0.4, -0.2) is 37.2 Å². The Hall–Kier alpha value is -1.59. The quantitative estimate of drug-likeness (QED) is 0.0343. The molecule has 0 rings (SSSR count). The lowest BCUT2D eigenvalue weighted by Crippen LogP contribution is -2.30. The standard InChI is InChI=1S/C67H130O6/c1-4-7-10-13-16-19-21-23-24-25-26-27-28-29-30-31-32-33-34-35-36-37-38-39-40-41-42-43-44-46-48-51-54-57-60-66(69)72-63-64(62-71-65(68)59-56-53-50-47-18-15-12-9-6-3)73-67(70)61-58-55-52-49-45-22-20-17-14-11-8-5-2/h64H,4-63H2,1-3H3. The average Bonchev–Trinajstić information content (AvgIpc) is 3.39. The summed E-state index contributed by atoms with van der Waals surface area (Å²) < 4.78 is 16.9. The fourth-order valence-electron chi connectivity index (χ4n) is 10.6. The molecule has 6 nitrogen and oxygen atoms in total. The zero-order valence-electron chi connectivity index (χ0n) is 50.0. The van der Waals surface area contributed by atoms with Crippen molar-refractivity contribution in [3.8, 4) is 0 Å². The van der Waals surface area contributed by atoms with Gasteiger partial charge >= 0.3 is 17.9 Å². The molecule has 0 aliphatic heterocycles. The van der Waals surface area contributed by atoms with Crippen LogP contribution in [0.3, 0.4) is 0 Å². The summed E-state index contributed by atoms with van der Waals surface area (Å²) in [7, 11) is 0. The highest BCUT2D eigenvalue weighted by atomic mass is 16.6. The largest absolute Gasteiger partial charge is 0.462 e. The molecule has 0 amide bonds. The van der Waals surface area contributed by atoms with Gasteiger partial charge in [-0.05, 0) is 19.3 Å². The van der Waals surface area contributed by atoms with Crippen LogP contribution in [-0.2, 0) is 28.6 Å². The van der Waals surface area contributed by atoms with E-state index in [0.29, 0.717) is 19.3 Å². The molecular formula is C67H130O6. The highest BCUT2D eigenvalue weighted by Crippen LogP contribution is 2.19. The molecule has 1 atom stereocenters. The molecule has 0 bridgehead atoms. The number of hydrogen-bond donors (Lipinski definition) is 0. The maximum Gasteiger partial charge on any atom is 0.306 e. The molecule has 0 aromatic carbocycles. The van der Waals surface area contributed by atoms with Crippen LogP contribution in [0, 0.1) is 0 Å². The molecule has 0 spiro atoms. The minimum absolute atomic E-state index is 0.0615. The van der Waals surface area contributed by atoms with Gasteiger partial charge in [0.1, 0.15) is 13.2 Å². The molecule has 0 aliphatic rings. The topological polar surface area (TPSA) is 78.9 Å². The Balaban J connectivity index is 3.89. The van der Waals surface area contributed by atoms with E-state index in [1.54, 1.807) is 0 Å². The Kier molecular flexibility index (Phi) is 61.6. The Morgan fingerprint density at radius 1 is 0.219 bits per heavy atom. The molecule has 73 heavy (non-hydrogen) atoms. The van der Waals surface area contributed by atoms with E-state index < -0.39 is 6.10 Å². The maximum atomic E-state index is 12.8. The van der Waals surface area contributed by atoms with Crippen LogP contribution in [0.25, 0.3) is 0 Å². The van der Waals surface area contributed by atoms with Crippen molar-refractivity contribution in [3.63, 3.8) is 0 Å². The minimum atomic E-state index is -0.760. The molecule has 0 N–H and O–H groups in total. The predicted molar refractivity (Wildman–Crippen MR) is 317 cm³/mol. The van der Waals surface area contributed by atoms with Crippen LogP contribution in [0.15, 0.2) is 0 Å². The first-order valence-electron chi connectivity index (χ1n) is 33.5. The van der Waals surface area contributed by atoms with E-state index in [-0.39, 0.29) is 31.1 Å². The third-order valence-electron chi connectivity index (χ3n) is 15.6. The summed E-state index contributed by atoms with van der Waals surface area (Å²) in [5.41, 5.74) is 0. The van der Waals surface area contributed by atoms with E-state index in [4.69, 9.17) is 14.2 Å². The van der Waals surface area contributed by atoms with E-state index in [1.807, 2.05) is 0 Å². The molecular weight excluding hydrogens is 901 g/mol. The first-order chi connectivity index (χ1) is 36.0. The summed E-state index contributed by atoms with van der Waals surface area (Å²) in [6.45, 7) is 6.69. The second-order valence-electron chi connectivity index (χ2n) is 23.1. The summed E-state index contributed by atoms with van der Waals surface area (Å²) in [4.78, 5) is 38.0. The Morgan fingerprint density at radius 3 is 0.548 bits per heavy atom. The van der Waals surface area contributed by atoms with Crippen molar-refractivity contribution in [2.75, 3.05) is 13.2 Å². The number of rotatable bonds is 63. The van der Waals surface area contributed by atoms with Gasteiger partial charge in [-0.3, -0.25) is 14.4 Å². The molecule has 6 heteroatoms. The molecule has 0 fully saturated rings. The number of unbranched alkanes of at least 4 members (excludes halogenated alkanes) is 52. The lowest BCUT2D eigenvalue weighted by molar-refractivity contribution is -0.167. The van der Waals surface area contributed by atoms with Gasteiger partial charge in [0.2, 0.25) is 0 Å². The fraction of sp³-hybridized carbons (Fsp3) is 0.955. The van der Waals surface area contributed by atoms with Crippen molar-refractivity contribution in [1.82, 2.24) is 0 Å². The van der Waals surface area contributed by atoms with Gasteiger partial charge in [0.25, 0.3) is 0 Å². The molecule has 0 saturated carbocycles. The van der Waals surface area contributed by atoms with Crippen LogP contribution in [0.1, 0.15) is 393 Å². The fourth-order valence-corrected chi connectivity index (χ4v) is 10.6. The number of hydrogen-bond acceptors (Lipinski definition) is 6. The predicted octanol–water partition coefficient (Wildman–Crippen LogP) is 22.7.